The summed E-state index contributed by atoms with van der Waals surface area (Å²) in [7, 11) is 0. The molecule has 0 aliphatic heterocycles. The van der Waals surface area contributed by atoms with E-state index in [4.69, 9.17) is 11.6 Å². The van der Waals surface area contributed by atoms with E-state index in [1.165, 1.54) is 0 Å². The molecule has 0 amide bonds. The Morgan fingerprint density at radius 1 is 1.43 bits per heavy atom. The van der Waals surface area contributed by atoms with E-state index >= 15 is 0 Å². The standard InChI is InChI=1S/C10H8BrClN2/c11-9-2-3-10(8(6-9)7-12)14-5-1-4-13-14/h1-6H,7H2. The van der Waals surface area contributed by atoms with Gasteiger partial charge in [-0.2, -0.15) is 5.10 Å². The van der Waals surface area contributed by atoms with Crippen LogP contribution in [0, 0.1) is 0 Å². The summed E-state index contributed by atoms with van der Waals surface area (Å²) < 4.78 is 2.84. The average molecular weight is 272 g/mol. The molecule has 1 heterocycles. The van der Waals surface area contributed by atoms with Gasteiger partial charge in [0.25, 0.3) is 0 Å². The maximum Gasteiger partial charge on any atom is 0.0690 e. The molecule has 1 aromatic heterocycles. The smallest absolute Gasteiger partial charge is 0.0690 e. The van der Waals surface area contributed by atoms with Gasteiger partial charge >= 0.3 is 0 Å². The highest BCUT2D eigenvalue weighted by Crippen LogP contribution is 2.20. The Morgan fingerprint density at radius 3 is 2.93 bits per heavy atom. The third-order valence-electron chi connectivity index (χ3n) is 1.94. The van der Waals surface area contributed by atoms with Crippen molar-refractivity contribution in [3.63, 3.8) is 0 Å². The summed E-state index contributed by atoms with van der Waals surface area (Å²) in [5, 5.41) is 4.17. The van der Waals surface area contributed by atoms with Gasteiger partial charge in [0.1, 0.15) is 0 Å². The molecule has 0 fully saturated rings. The van der Waals surface area contributed by atoms with E-state index in [-0.39, 0.29) is 0 Å². The normalized spacial score (nSPS) is 10.4. The van der Waals surface area contributed by atoms with Crippen molar-refractivity contribution in [1.82, 2.24) is 9.78 Å². The van der Waals surface area contributed by atoms with E-state index in [0.717, 1.165) is 15.7 Å². The first-order chi connectivity index (χ1) is 6.81. The second-order valence-electron chi connectivity index (χ2n) is 2.86. The quantitative estimate of drug-likeness (QED) is 0.766. The molecular formula is C10H8BrClN2. The highest BCUT2D eigenvalue weighted by Gasteiger charge is 2.03. The molecule has 1 aromatic carbocycles. The summed E-state index contributed by atoms with van der Waals surface area (Å²) in [5.74, 6) is 0.481. The summed E-state index contributed by atoms with van der Waals surface area (Å²) in [6.45, 7) is 0. The number of nitrogens with zero attached hydrogens (tertiary/aromatic N) is 2. The molecule has 0 saturated heterocycles. The summed E-state index contributed by atoms with van der Waals surface area (Å²) >= 11 is 9.27. The summed E-state index contributed by atoms with van der Waals surface area (Å²) in [6, 6.07) is 7.87. The number of hydrogen-bond acceptors (Lipinski definition) is 1. The summed E-state index contributed by atoms with van der Waals surface area (Å²) in [4.78, 5) is 0. The lowest BCUT2D eigenvalue weighted by Crippen LogP contribution is -1.98. The van der Waals surface area contributed by atoms with Crippen molar-refractivity contribution in [3.8, 4) is 5.69 Å². The van der Waals surface area contributed by atoms with Gasteiger partial charge in [-0.3, -0.25) is 0 Å². The van der Waals surface area contributed by atoms with Crippen LogP contribution in [0.3, 0.4) is 0 Å². The van der Waals surface area contributed by atoms with E-state index in [9.17, 15) is 0 Å². The fourth-order valence-corrected chi connectivity index (χ4v) is 1.92. The maximum atomic E-state index is 5.86. The van der Waals surface area contributed by atoms with Gasteiger partial charge in [0.05, 0.1) is 5.69 Å². The van der Waals surface area contributed by atoms with E-state index in [1.54, 1.807) is 6.20 Å². The van der Waals surface area contributed by atoms with Crippen LogP contribution in [0.25, 0.3) is 5.69 Å². The van der Waals surface area contributed by atoms with Gasteiger partial charge in [0.15, 0.2) is 0 Å². The molecule has 0 aliphatic rings. The Labute approximate surface area is 95.6 Å². The van der Waals surface area contributed by atoms with E-state index in [0.29, 0.717) is 5.88 Å². The first-order valence-corrected chi connectivity index (χ1v) is 5.48. The predicted octanol–water partition coefficient (Wildman–Crippen LogP) is 3.37. The van der Waals surface area contributed by atoms with Crippen LogP contribution >= 0.6 is 27.5 Å². The Morgan fingerprint density at radius 2 is 2.29 bits per heavy atom. The van der Waals surface area contributed by atoms with Gasteiger partial charge in [0.2, 0.25) is 0 Å². The van der Waals surface area contributed by atoms with Crippen molar-refractivity contribution >= 4 is 27.5 Å². The number of aromatic nitrogens is 2. The van der Waals surface area contributed by atoms with Crippen LogP contribution in [0.15, 0.2) is 41.1 Å². The van der Waals surface area contributed by atoms with Crippen LogP contribution in [0.4, 0.5) is 0 Å². The highest BCUT2D eigenvalue weighted by molar-refractivity contribution is 9.10. The highest BCUT2D eigenvalue weighted by atomic mass is 79.9. The third-order valence-corrected chi connectivity index (χ3v) is 2.72. The fourth-order valence-electron chi connectivity index (χ4n) is 1.30. The molecule has 2 nitrogen and oxygen atoms in total. The molecule has 0 unspecified atom stereocenters. The molecule has 2 aromatic rings. The average Bonchev–Trinajstić information content (AvgIpc) is 2.70. The molecule has 0 spiro atoms. The van der Waals surface area contributed by atoms with E-state index < -0.39 is 0 Å². The predicted molar refractivity (Wildman–Crippen MR) is 60.8 cm³/mol. The minimum absolute atomic E-state index is 0.481. The number of benzene rings is 1. The van der Waals surface area contributed by atoms with E-state index in [1.807, 2.05) is 35.1 Å². The van der Waals surface area contributed by atoms with Crippen molar-refractivity contribution in [2.45, 2.75) is 5.88 Å². The second-order valence-corrected chi connectivity index (χ2v) is 4.04. The van der Waals surface area contributed by atoms with Crippen LogP contribution in [0.5, 0.6) is 0 Å². The Bertz CT molecular complexity index is 426. The summed E-state index contributed by atoms with van der Waals surface area (Å²) in [5.41, 5.74) is 2.08. The molecule has 2 rings (SSSR count). The zero-order valence-corrected chi connectivity index (χ0v) is 9.66. The lowest BCUT2D eigenvalue weighted by Gasteiger charge is -2.07. The largest absolute Gasteiger partial charge is 0.241 e. The molecule has 0 atom stereocenters. The zero-order valence-electron chi connectivity index (χ0n) is 7.32. The lowest BCUT2D eigenvalue weighted by atomic mass is 10.2. The van der Waals surface area contributed by atoms with Crippen molar-refractivity contribution < 1.29 is 0 Å². The van der Waals surface area contributed by atoms with Crippen LogP contribution in [-0.4, -0.2) is 9.78 Å². The van der Waals surface area contributed by atoms with Crippen LogP contribution < -0.4 is 0 Å². The number of hydrogen-bond donors (Lipinski definition) is 0. The van der Waals surface area contributed by atoms with Crippen LogP contribution in [-0.2, 0) is 5.88 Å². The Hall–Kier alpha value is -0.800. The van der Waals surface area contributed by atoms with Gasteiger partial charge in [-0.15, -0.1) is 11.6 Å². The minimum Gasteiger partial charge on any atom is -0.241 e. The van der Waals surface area contributed by atoms with Crippen molar-refractivity contribution in [1.29, 1.82) is 0 Å². The van der Waals surface area contributed by atoms with Gasteiger partial charge in [-0.1, -0.05) is 15.9 Å². The Kier molecular flexibility index (Phi) is 2.89. The second kappa shape index (κ2) is 4.15. The van der Waals surface area contributed by atoms with Crippen LogP contribution in [0.1, 0.15) is 5.56 Å². The molecular weight excluding hydrogens is 263 g/mol. The first kappa shape index (κ1) is 9.74. The number of alkyl halides is 1. The van der Waals surface area contributed by atoms with Crippen LogP contribution in [0.2, 0.25) is 0 Å². The molecule has 0 radical (unpaired) electrons. The first-order valence-electron chi connectivity index (χ1n) is 4.15. The molecule has 0 N–H and O–H groups in total. The maximum absolute atomic E-state index is 5.86. The number of rotatable bonds is 2. The minimum atomic E-state index is 0.481. The molecule has 72 valence electrons. The molecule has 4 heteroatoms. The molecule has 0 bridgehead atoms. The van der Waals surface area contributed by atoms with E-state index in [2.05, 4.69) is 21.0 Å². The Balaban J connectivity index is 2.53. The number of halogens is 2. The lowest BCUT2D eigenvalue weighted by molar-refractivity contribution is 0.870. The van der Waals surface area contributed by atoms with Gasteiger partial charge in [-0.05, 0) is 29.8 Å². The van der Waals surface area contributed by atoms with Crippen molar-refractivity contribution in [3.05, 3.63) is 46.7 Å². The monoisotopic (exact) mass is 270 g/mol. The molecule has 0 aliphatic carbocycles. The topological polar surface area (TPSA) is 17.8 Å². The van der Waals surface area contributed by atoms with Crippen molar-refractivity contribution in [2.24, 2.45) is 0 Å². The molecule has 0 saturated carbocycles. The molecule has 14 heavy (non-hydrogen) atoms. The fraction of sp³-hybridized carbons (Fsp3) is 0.100. The van der Waals surface area contributed by atoms with Gasteiger partial charge in [-0.25, -0.2) is 4.68 Å². The summed E-state index contributed by atoms with van der Waals surface area (Å²) in [6.07, 6.45) is 3.65. The van der Waals surface area contributed by atoms with Gasteiger partial charge < -0.3 is 0 Å². The SMILES string of the molecule is ClCc1cc(Br)ccc1-n1cccn1. The van der Waals surface area contributed by atoms with Crippen molar-refractivity contribution in [2.75, 3.05) is 0 Å². The van der Waals surface area contributed by atoms with Gasteiger partial charge in [0, 0.05) is 22.7 Å². The zero-order chi connectivity index (χ0) is 9.97. The third kappa shape index (κ3) is 1.83.